The van der Waals surface area contributed by atoms with E-state index >= 15 is 0 Å². The largest absolute Gasteiger partial charge is 0.497 e. The molecule has 1 fully saturated rings. The third kappa shape index (κ3) is 2.33. The van der Waals surface area contributed by atoms with E-state index in [-0.39, 0.29) is 5.91 Å². The van der Waals surface area contributed by atoms with Crippen molar-refractivity contribution >= 4 is 5.91 Å². The maximum Gasteiger partial charge on any atom is 0.237 e. The Morgan fingerprint density at radius 3 is 2.83 bits per heavy atom. The normalized spacial score (nSPS) is 22.4. The Morgan fingerprint density at radius 2 is 2.04 bits per heavy atom. The van der Waals surface area contributed by atoms with Crippen LogP contribution in [0.5, 0.6) is 11.5 Å². The first-order valence-corrected chi connectivity index (χ1v) is 8.37. The minimum atomic E-state index is -0.533. The molecule has 4 rings (SSSR count). The van der Waals surface area contributed by atoms with E-state index in [0.717, 1.165) is 42.0 Å². The summed E-state index contributed by atoms with van der Waals surface area (Å²) in [6.07, 6.45) is 1.84. The molecule has 0 aliphatic carbocycles. The van der Waals surface area contributed by atoms with Gasteiger partial charge in [-0.05, 0) is 24.5 Å². The first-order chi connectivity index (χ1) is 11.7. The van der Waals surface area contributed by atoms with Crippen LogP contribution < -0.4 is 9.47 Å². The summed E-state index contributed by atoms with van der Waals surface area (Å²) in [4.78, 5) is 15.3. The number of likely N-dealkylation sites (tertiary alicyclic amines) is 1. The number of ether oxygens (including phenoxy) is 2. The molecule has 0 aromatic heterocycles. The van der Waals surface area contributed by atoms with Gasteiger partial charge in [0.25, 0.3) is 0 Å². The molecule has 1 amide bonds. The SMILES string of the molecule is COc1ccc2c(c1)OCC21CCCN(Cc2ccccc2)C1=O. The summed E-state index contributed by atoms with van der Waals surface area (Å²) in [6.45, 7) is 1.90. The number of amides is 1. The van der Waals surface area contributed by atoms with Crippen molar-refractivity contribution in [3.8, 4) is 11.5 Å². The van der Waals surface area contributed by atoms with E-state index in [9.17, 15) is 4.79 Å². The van der Waals surface area contributed by atoms with Gasteiger partial charge >= 0.3 is 0 Å². The number of fused-ring (bicyclic) bond motifs is 2. The number of carbonyl (C=O) groups is 1. The molecule has 0 N–H and O–H groups in total. The molecule has 2 aromatic rings. The number of hydrogen-bond acceptors (Lipinski definition) is 3. The first-order valence-electron chi connectivity index (χ1n) is 8.37. The molecule has 1 unspecified atom stereocenters. The molecule has 2 aromatic carbocycles. The van der Waals surface area contributed by atoms with Gasteiger partial charge in [-0.2, -0.15) is 0 Å². The number of nitrogens with zero attached hydrogens (tertiary/aromatic N) is 1. The zero-order valence-corrected chi connectivity index (χ0v) is 13.8. The zero-order valence-electron chi connectivity index (χ0n) is 13.8. The van der Waals surface area contributed by atoms with Crippen LogP contribution >= 0.6 is 0 Å². The Balaban J connectivity index is 1.64. The number of hydrogen-bond donors (Lipinski definition) is 0. The van der Waals surface area contributed by atoms with Gasteiger partial charge in [-0.15, -0.1) is 0 Å². The molecule has 1 saturated heterocycles. The van der Waals surface area contributed by atoms with Crippen molar-refractivity contribution in [3.63, 3.8) is 0 Å². The third-order valence-corrected chi connectivity index (χ3v) is 5.12. The van der Waals surface area contributed by atoms with Crippen LogP contribution in [0.25, 0.3) is 0 Å². The van der Waals surface area contributed by atoms with Gasteiger partial charge in [-0.25, -0.2) is 0 Å². The lowest BCUT2D eigenvalue weighted by Crippen LogP contribution is -2.52. The minimum absolute atomic E-state index is 0.182. The van der Waals surface area contributed by atoms with Crippen molar-refractivity contribution in [2.45, 2.75) is 24.8 Å². The molecule has 24 heavy (non-hydrogen) atoms. The Morgan fingerprint density at radius 1 is 1.21 bits per heavy atom. The fraction of sp³-hybridized carbons (Fsp3) is 0.350. The third-order valence-electron chi connectivity index (χ3n) is 5.12. The van der Waals surface area contributed by atoms with Crippen LogP contribution in [-0.2, 0) is 16.8 Å². The van der Waals surface area contributed by atoms with Crippen molar-refractivity contribution < 1.29 is 14.3 Å². The predicted octanol–water partition coefficient (Wildman–Crippen LogP) is 3.15. The molecule has 0 bridgehead atoms. The van der Waals surface area contributed by atoms with Gasteiger partial charge < -0.3 is 14.4 Å². The molecule has 2 aliphatic rings. The van der Waals surface area contributed by atoms with Gasteiger partial charge in [0.1, 0.15) is 23.5 Å². The van der Waals surface area contributed by atoms with Crippen LogP contribution in [0.2, 0.25) is 0 Å². The number of piperidine rings is 1. The lowest BCUT2D eigenvalue weighted by molar-refractivity contribution is -0.142. The van der Waals surface area contributed by atoms with E-state index in [0.29, 0.717) is 13.2 Å². The number of methoxy groups -OCH3 is 1. The second-order valence-corrected chi connectivity index (χ2v) is 6.55. The summed E-state index contributed by atoms with van der Waals surface area (Å²) in [5, 5.41) is 0. The van der Waals surface area contributed by atoms with E-state index in [1.54, 1.807) is 7.11 Å². The highest BCUT2D eigenvalue weighted by Crippen LogP contribution is 2.46. The molecule has 2 aliphatic heterocycles. The van der Waals surface area contributed by atoms with E-state index in [2.05, 4.69) is 12.1 Å². The highest BCUT2D eigenvalue weighted by atomic mass is 16.5. The Labute approximate surface area is 142 Å². The second-order valence-electron chi connectivity index (χ2n) is 6.55. The number of carbonyl (C=O) groups excluding carboxylic acids is 1. The number of rotatable bonds is 3. The minimum Gasteiger partial charge on any atom is -0.497 e. The van der Waals surface area contributed by atoms with Gasteiger partial charge in [0.05, 0.1) is 7.11 Å². The summed E-state index contributed by atoms with van der Waals surface area (Å²) in [7, 11) is 1.64. The van der Waals surface area contributed by atoms with Crippen molar-refractivity contribution in [2.24, 2.45) is 0 Å². The average Bonchev–Trinajstić information content (AvgIpc) is 2.99. The van der Waals surface area contributed by atoms with E-state index < -0.39 is 5.41 Å². The molecule has 4 nitrogen and oxygen atoms in total. The summed E-state index contributed by atoms with van der Waals surface area (Å²) in [5.41, 5.74) is 1.64. The molecule has 1 atom stereocenters. The lowest BCUT2D eigenvalue weighted by atomic mass is 9.75. The first kappa shape index (κ1) is 15.1. The highest BCUT2D eigenvalue weighted by Gasteiger charge is 2.50. The molecular weight excluding hydrogens is 302 g/mol. The van der Waals surface area contributed by atoms with Gasteiger partial charge in [-0.3, -0.25) is 4.79 Å². The molecule has 2 heterocycles. The summed E-state index contributed by atoms with van der Waals surface area (Å²) < 4.78 is 11.1. The van der Waals surface area contributed by atoms with Crippen molar-refractivity contribution in [1.82, 2.24) is 4.90 Å². The fourth-order valence-corrected chi connectivity index (χ4v) is 3.84. The van der Waals surface area contributed by atoms with E-state index in [4.69, 9.17) is 9.47 Å². The quantitative estimate of drug-likeness (QED) is 0.871. The summed E-state index contributed by atoms with van der Waals surface area (Å²) in [6, 6.07) is 15.9. The Bertz CT molecular complexity index is 759. The van der Waals surface area contributed by atoms with E-state index in [1.807, 2.05) is 41.3 Å². The summed E-state index contributed by atoms with van der Waals surface area (Å²) >= 11 is 0. The molecule has 1 spiro atoms. The van der Waals surface area contributed by atoms with Crippen LogP contribution in [0.1, 0.15) is 24.0 Å². The molecular formula is C20H21NO3. The number of benzene rings is 2. The van der Waals surface area contributed by atoms with Crippen LogP contribution in [-0.4, -0.2) is 31.1 Å². The zero-order chi connectivity index (χ0) is 16.6. The van der Waals surface area contributed by atoms with Crippen LogP contribution in [0.15, 0.2) is 48.5 Å². The Hall–Kier alpha value is -2.49. The molecule has 124 valence electrons. The predicted molar refractivity (Wildman–Crippen MR) is 91.3 cm³/mol. The highest BCUT2D eigenvalue weighted by molar-refractivity contribution is 5.91. The molecule has 4 heteroatoms. The maximum atomic E-state index is 13.3. The lowest BCUT2D eigenvalue weighted by Gasteiger charge is -2.38. The van der Waals surface area contributed by atoms with Crippen LogP contribution in [0, 0.1) is 0 Å². The molecule has 0 radical (unpaired) electrons. The topological polar surface area (TPSA) is 38.8 Å². The van der Waals surface area contributed by atoms with Gasteiger partial charge in [-0.1, -0.05) is 36.4 Å². The standard InChI is InChI=1S/C20H21NO3/c1-23-16-8-9-17-18(12-16)24-14-20(17)10-5-11-21(19(20)22)13-15-6-3-2-4-7-15/h2-4,6-9,12H,5,10-11,13-14H2,1H3. The van der Waals surface area contributed by atoms with Crippen LogP contribution in [0.3, 0.4) is 0 Å². The average molecular weight is 323 g/mol. The monoisotopic (exact) mass is 323 g/mol. The van der Waals surface area contributed by atoms with Crippen molar-refractivity contribution in [1.29, 1.82) is 0 Å². The summed E-state index contributed by atoms with van der Waals surface area (Å²) in [5.74, 6) is 1.72. The van der Waals surface area contributed by atoms with Crippen molar-refractivity contribution in [2.75, 3.05) is 20.3 Å². The smallest absolute Gasteiger partial charge is 0.237 e. The van der Waals surface area contributed by atoms with E-state index in [1.165, 1.54) is 0 Å². The van der Waals surface area contributed by atoms with Gasteiger partial charge in [0, 0.05) is 24.7 Å². The molecule has 0 saturated carbocycles. The van der Waals surface area contributed by atoms with Gasteiger partial charge in [0.2, 0.25) is 5.91 Å². The maximum absolute atomic E-state index is 13.3. The van der Waals surface area contributed by atoms with Crippen LogP contribution in [0.4, 0.5) is 0 Å². The Kier molecular flexibility index (Phi) is 3.68. The fourth-order valence-electron chi connectivity index (χ4n) is 3.84. The second kappa shape index (κ2) is 5.86. The van der Waals surface area contributed by atoms with Gasteiger partial charge in [0.15, 0.2) is 0 Å². The van der Waals surface area contributed by atoms with Crippen molar-refractivity contribution in [3.05, 3.63) is 59.7 Å².